The number of aliphatic hydroxyl groups is 2. The van der Waals surface area contributed by atoms with Crippen LogP contribution in [0.1, 0.15) is 46.0 Å². The molecular weight excluding hydrogens is 293 g/mol. The Morgan fingerprint density at radius 1 is 1.22 bits per heavy atom. The first-order chi connectivity index (χ1) is 10.8. The highest BCUT2D eigenvalue weighted by molar-refractivity contribution is 5.28. The van der Waals surface area contributed by atoms with E-state index in [1.807, 2.05) is 6.08 Å². The Bertz CT molecular complexity index is 588. The quantitative estimate of drug-likeness (QED) is 0.601. The molecule has 128 valence electrons. The van der Waals surface area contributed by atoms with Crippen molar-refractivity contribution >= 4 is 0 Å². The van der Waals surface area contributed by atoms with Crippen molar-refractivity contribution in [2.24, 2.45) is 40.2 Å². The van der Waals surface area contributed by atoms with Crippen molar-refractivity contribution in [2.45, 2.75) is 58.2 Å². The number of aliphatic hydroxyl groups excluding tert-OH is 2. The summed E-state index contributed by atoms with van der Waals surface area (Å²) in [5, 5.41) is 20.9. The molecule has 4 aliphatic rings. The molecule has 0 unspecified atom stereocenters. The van der Waals surface area contributed by atoms with Gasteiger partial charge >= 0.3 is 0 Å². The lowest BCUT2D eigenvalue weighted by Gasteiger charge is -2.60. The van der Waals surface area contributed by atoms with Gasteiger partial charge in [0.2, 0.25) is 0 Å². The fraction of sp³-hybridized carbons (Fsp3) is 0.789. The van der Waals surface area contributed by atoms with Crippen molar-refractivity contribution in [3.05, 3.63) is 23.7 Å². The Morgan fingerprint density at radius 3 is 2.70 bits per heavy atom. The second-order valence-corrected chi connectivity index (χ2v) is 8.80. The maximum Gasteiger partial charge on any atom is 0.119 e. The van der Waals surface area contributed by atoms with E-state index in [0.29, 0.717) is 30.4 Å². The number of halogens is 1. The van der Waals surface area contributed by atoms with Crippen LogP contribution in [0.4, 0.5) is 4.39 Å². The van der Waals surface area contributed by atoms with Crippen molar-refractivity contribution in [1.82, 2.24) is 0 Å². The topological polar surface area (TPSA) is 66.5 Å². The Kier molecular flexibility index (Phi) is 3.28. The number of nitrogens with two attached hydrogens (primary N) is 1. The van der Waals surface area contributed by atoms with Gasteiger partial charge in [-0.25, -0.2) is 4.39 Å². The third kappa shape index (κ3) is 1.94. The van der Waals surface area contributed by atoms with Crippen molar-refractivity contribution in [2.75, 3.05) is 0 Å². The lowest BCUT2D eigenvalue weighted by Crippen LogP contribution is -2.57. The van der Waals surface area contributed by atoms with Gasteiger partial charge in [-0.1, -0.05) is 26.0 Å². The average molecular weight is 321 g/mol. The summed E-state index contributed by atoms with van der Waals surface area (Å²) >= 11 is 0. The molecule has 0 radical (unpaired) electrons. The number of hydrogen-bond acceptors (Lipinski definition) is 3. The SMILES string of the molecule is C[C@]12C=C[C@H](O)C[C@H]1C[C@H](O)[C@@H]1[C@@H]2CC[C@]2(C)C(N)=C(F)C[C@@H]12. The van der Waals surface area contributed by atoms with Crippen molar-refractivity contribution in [3.63, 3.8) is 0 Å². The van der Waals surface area contributed by atoms with Crippen LogP contribution in [-0.4, -0.2) is 22.4 Å². The number of fused-ring (bicyclic) bond motifs is 5. The van der Waals surface area contributed by atoms with E-state index >= 15 is 0 Å². The van der Waals surface area contributed by atoms with E-state index in [9.17, 15) is 14.6 Å². The molecule has 0 heterocycles. The van der Waals surface area contributed by atoms with Gasteiger partial charge in [-0.05, 0) is 54.8 Å². The zero-order valence-corrected chi connectivity index (χ0v) is 14.0. The minimum absolute atomic E-state index is 0.00170. The molecule has 2 saturated carbocycles. The minimum atomic E-state index is -0.417. The Morgan fingerprint density at radius 2 is 1.96 bits per heavy atom. The van der Waals surface area contributed by atoms with Crippen LogP contribution in [-0.2, 0) is 0 Å². The monoisotopic (exact) mass is 321 g/mol. The van der Waals surface area contributed by atoms with Crippen LogP contribution in [0, 0.1) is 34.5 Å². The van der Waals surface area contributed by atoms with Crippen molar-refractivity contribution in [3.8, 4) is 0 Å². The number of allylic oxidation sites excluding steroid dienone is 3. The molecule has 0 spiro atoms. The smallest absolute Gasteiger partial charge is 0.119 e. The summed E-state index contributed by atoms with van der Waals surface area (Å²) in [6, 6.07) is 0. The van der Waals surface area contributed by atoms with Crippen LogP contribution in [0.5, 0.6) is 0 Å². The van der Waals surface area contributed by atoms with Crippen LogP contribution in [0.15, 0.2) is 23.7 Å². The first-order valence-electron chi connectivity index (χ1n) is 8.97. The average Bonchev–Trinajstić information content (AvgIpc) is 2.73. The molecule has 0 aliphatic heterocycles. The Hall–Kier alpha value is -0.870. The van der Waals surface area contributed by atoms with Crippen LogP contribution in [0.3, 0.4) is 0 Å². The molecule has 3 nitrogen and oxygen atoms in total. The molecule has 0 saturated heterocycles. The van der Waals surface area contributed by atoms with Gasteiger partial charge in [0, 0.05) is 17.5 Å². The summed E-state index contributed by atoms with van der Waals surface area (Å²) in [5.74, 6) is 0.694. The van der Waals surface area contributed by atoms with E-state index in [1.54, 1.807) is 0 Å². The Labute approximate surface area is 137 Å². The number of rotatable bonds is 0. The minimum Gasteiger partial charge on any atom is -0.400 e. The van der Waals surface area contributed by atoms with Crippen LogP contribution >= 0.6 is 0 Å². The van der Waals surface area contributed by atoms with Crippen LogP contribution in [0.25, 0.3) is 0 Å². The van der Waals surface area contributed by atoms with Gasteiger partial charge in [-0.2, -0.15) is 0 Å². The third-order valence-corrected chi connectivity index (χ3v) is 7.88. The van der Waals surface area contributed by atoms with Crippen molar-refractivity contribution in [1.29, 1.82) is 0 Å². The van der Waals surface area contributed by atoms with Gasteiger partial charge in [0.05, 0.1) is 12.2 Å². The molecule has 4 heteroatoms. The van der Waals surface area contributed by atoms with Gasteiger partial charge in [0.15, 0.2) is 0 Å². The van der Waals surface area contributed by atoms with Gasteiger partial charge < -0.3 is 15.9 Å². The molecule has 8 atom stereocenters. The maximum atomic E-state index is 14.3. The van der Waals surface area contributed by atoms with E-state index in [2.05, 4.69) is 19.9 Å². The largest absolute Gasteiger partial charge is 0.400 e. The molecule has 0 aromatic heterocycles. The summed E-state index contributed by atoms with van der Waals surface area (Å²) in [4.78, 5) is 0. The molecule has 0 aromatic carbocycles. The molecule has 4 N–H and O–H groups in total. The van der Waals surface area contributed by atoms with E-state index < -0.39 is 12.2 Å². The normalized spacial score (nSPS) is 55.3. The maximum absolute atomic E-state index is 14.3. The van der Waals surface area contributed by atoms with Gasteiger partial charge in [0.25, 0.3) is 0 Å². The van der Waals surface area contributed by atoms with E-state index in [-0.39, 0.29) is 28.5 Å². The van der Waals surface area contributed by atoms with Gasteiger partial charge in [0.1, 0.15) is 5.83 Å². The molecule has 0 bridgehead atoms. The highest BCUT2D eigenvalue weighted by Gasteiger charge is 2.61. The first-order valence-corrected chi connectivity index (χ1v) is 8.97. The lowest BCUT2D eigenvalue weighted by molar-refractivity contribution is -0.134. The zero-order valence-electron chi connectivity index (χ0n) is 14.0. The molecule has 4 aliphatic carbocycles. The highest BCUT2D eigenvalue weighted by atomic mass is 19.1. The lowest BCUT2D eigenvalue weighted by atomic mass is 9.45. The van der Waals surface area contributed by atoms with Gasteiger partial charge in [-0.3, -0.25) is 0 Å². The third-order valence-electron chi connectivity index (χ3n) is 7.88. The summed E-state index contributed by atoms with van der Waals surface area (Å²) in [6.45, 7) is 4.35. The summed E-state index contributed by atoms with van der Waals surface area (Å²) in [6.07, 6.45) is 6.96. The van der Waals surface area contributed by atoms with Crippen LogP contribution < -0.4 is 5.73 Å². The summed E-state index contributed by atoms with van der Waals surface area (Å²) < 4.78 is 14.3. The summed E-state index contributed by atoms with van der Waals surface area (Å²) in [7, 11) is 0. The molecule has 23 heavy (non-hydrogen) atoms. The standard InChI is InChI=1S/C19H28FNO2/c1-18-5-3-11(22)7-10(18)8-15(23)16-12(18)4-6-19(2)13(16)9-14(20)17(19)21/h3,5,10-13,15-16,22-23H,4,6-9,21H2,1-2H3/t10-,11-,12-,13-,15-,16+,18-,19-/m0/s1. The molecule has 0 amide bonds. The van der Waals surface area contributed by atoms with E-state index in [0.717, 1.165) is 19.3 Å². The predicted octanol–water partition coefficient (Wildman–Crippen LogP) is 2.89. The van der Waals surface area contributed by atoms with E-state index in [1.165, 1.54) is 0 Å². The Balaban J connectivity index is 1.73. The zero-order chi connectivity index (χ0) is 16.6. The second kappa shape index (κ2) is 4.82. The van der Waals surface area contributed by atoms with E-state index in [4.69, 9.17) is 5.73 Å². The number of hydrogen-bond donors (Lipinski definition) is 3. The second-order valence-electron chi connectivity index (χ2n) is 8.80. The molecule has 2 fully saturated rings. The highest BCUT2D eigenvalue weighted by Crippen LogP contribution is 2.65. The predicted molar refractivity (Wildman–Crippen MR) is 86.7 cm³/mol. The van der Waals surface area contributed by atoms with Crippen molar-refractivity contribution < 1.29 is 14.6 Å². The molecule has 0 aromatic rings. The van der Waals surface area contributed by atoms with Crippen LogP contribution in [0.2, 0.25) is 0 Å². The fourth-order valence-corrected chi connectivity index (χ4v) is 6.41. The fourth-order valence-electron chi connectivity index (χ4n) is 6.41. The summed E-state index contributed by atoms with van der Waals surface area (Å²) in [5.41, 5.74) is 6.22. The molecular formula is C19H28FNO2. The molecule has 4 rings (SSSR count). The first kappa shape index (κ1) is 15.6. The van der Waals surface area contributed by atoms with Gasteiger partial charge in [-0.15, -0.1) is 0 Å².